The number of ether oxygens (including phenoxy) is 1. The topological polar surface area (TPSA) is 67.2 Å². The molecule has 0 aliphatic heterocycles. The minimum atomic E-state index is -0.494. The van der Waals surface area contributed by atoms with E-state index in [1.807, 2.05) is 6.07 Å². The van der Waals surface area contributed by atoms with Gasteiger partial charge in [-0.3, -0.25) is 9.59 Å². The van der Waals surface area contributed by atoms with Gasteiger partial charge in [0.05, 0.1) is 18.2 Å². The zero-order chi connectivity index (χ0) is 12.7. The Morgan fingerprint density at radius 3 is 2.47 bits per heavy atom. The third kappa shape index (κ3) is 4.47. The number of benzene rings is 1. The van der Waals surface area contributed by atoms with Crippen LogP contribution in [-0.2, 0) is 20.7 Å². The number of carbonyl (C=O) groups excluding carboxylic acids is 2. The Bertz CT molecular complexity index is 443. The molecule has 0 unspecified atom stereocenters. The number of ketones is 1. The van der Waals surface area contributed by atoms with Crippen LogP contribution in [0.1, 0.15) is 24.5 Å². The maximum absolute atomic E-state index is 11.5. The second kappa shape index (κ2) is 6.44. The van der Waals surface area contributed by atoms with Crippen LogP contribution in [0, 0.1) is 11.3 Å². The number of esters is 1. The molecule has 0 bridgehead atoms. The van der Waals surface area contributed by atoms with E-state index in [2.05, 4.69) is 4.74 Å². The summed E-state index contributed by atoms with van der Waals surface area (Å²) in [6, 6.07) is 8.71. The first kappa shape index (κ1) is 12.9. The Morgan fingerprint density at radius 2 is 1.94 bits per heavy atom. The average Bonchev–Trinajstić information content (AvgIpc) is 2.30. The first-order valence-corrected chi connectivity index (χ1v) is 5.32. The van der Waals surface area contributed by atoms with Crippen LogP contribution in [-0.4, -0.2) is 18.4 Å². The zero-order valence-corrected chi connectivity index (χ0v) is 9.60. The molecule has 0 aliphatic rings. The lowest BCUT2D eigenvalue weighted by atomic mass is 10.1. The molecule has 88 valence electrons. The SMILES string of the molecule is CCOC(=O)CC(=O)Cc1ccc(C#N)cc1. The minimum Gasteiger partial charge on any atom is -0.466 e. The van der Waals surface area contributed by atoms with Crippen molar-refractivity contribution in [3.05, 3.63) is 35.4 Å². The van der Waals surface area contributed by atoms with Crippen molar-refractivity contribution in [2.24, 2.45) is 0 Å². The van der Waals surface area contributed by atoms with E-state index in [0.29, 0.717) is 5.56 Å². The molecule has 1 aromatic carbocycles. The largest absolute Gasteiger partial charge is 0.466 e. The van der Waals surface area contributed by atoms with Gasteiger partial charge in [0.1, 0.15) is 12.2 Å². The van der Waals surface area contributed by atoms with Gasteiger partial charge in [0.25, 0.3) is 0 Å². The molecule has 1 rings (SSSR count). The van der Waals surface area contributed by atoms with E-state index >= 15 is 0 Å². The number of nitrogens with zero attached hydrogens (tertiary/aromatic N) is 1. The fourth-order valence-corrected chi connectivity index (χ4v) is 1.36. The van der Waals surface area contributed by atoms with Crippen molar-refractivity contribution in [2.45, 2.75) is 19.8 Å². The number of nitriles is 1. The molecule has 0 aliphatic carbocycles. The molecule has 0 spiro atoms. The molecule has 4 heteroatoms. The molecule has 0 atom stereocenters. The van der Waals surface area contributed by atoms with Gasteiger partial charge in [0.15, 0.2) is 0 Å². The molecule has 0 heterocycles. The molecule has 0 saturated carbocycles. The monoisotopic (exact) mass is 231 g/mol. The number of hydrogen-bond donors (Lipinski definition) is 0. The lowest BCUT2D eigenvalue weighted by Crippen LogP contribution is -2.12. The Hall–Kier alpha value is -2.15. The van der Waals surface area contributed by atoms with Gasteiger partial charge in [-0.2, -0.15) is 5.26 Å². The summed E-state index contributed by atoms with van der Waals surface area (Å²) in [5.41, 5.74) is 1.34. The molecular weight excluding hydrogens is 218 g/mol. The van der Waals surface area contributed by atoms with E-state index < -0.39 is 5.97 Å². The Balaban J connectivity index is 2.51. The molecule has 1 aromatic rings. The molecule has 4 nitrogen and oxygen atoms in total. The molecular formula is C13H13NO3. The summed E-state index contributed by atoms with van der Waals surface area (Å²) in [7, 11) is 0. The molecule has 0 N–H and O–H groups in total. The van der Waals surface area contributed by atoms with Gasteiger partial charge >= 0.3 is 5.97 Å². The van der Waals surface area contributed by atoms with E-state index in [0.717, 1.165) is 5.56 Å². The third-order valence-corrected chi connectivity index (χ3v) is 2.13. The van der Waals surface area contributed by atoms with E-state index in [1.54, 1.807) is 31.2 Å². The normalized spacial score (nSPS) is 9.41. The van der Waals surface area contributed by atoms with Gasteiger partial charge in [-0.15, -0.1) is 0 Å². The second-order valence-corrected chi connectivity index (χ2v) is 3.51. The highest BCUT2D eigenvalue weighted by atomic mass is 16.5. The van der Waals surface area contributed by atoms with Crippen LogP contribution >= 0.6 is 0 Å². The molecule has 0 amide bonds. The lowest BCUT2D eigenvalue weighted by molar-refractivity contribution is -0.145. The molecule has 0 saturated heterocycles. The van der Waals surface area contributed by atoms with Crippen LogP contribution in [0.2, 0.25) is 0 Å². The van der Waals surface area contributed by atoms with Crippen molar-refractivity contribution < 1.29 is 14.3 Å². The van der Waals surface area contributed by atoms with Crippen LogP contribution in [0.15, 0.2) is 24.3 Å². The molecule has 17 heavy (non-hydrogen) atoms. The van der Waals surface area contributed by atoms with Crippen molar-refractivity contribution >= 4 is 11.8 Å². The first-order chi connectivity index (χ1) is 8.15. The summed E-state index contributed by atoms with van der Waals surface area (Å²) in [4.78, 5) is 22.5. The number of Topliss-reactive ketones (excluding diaryl/α,β-unsaturated/α-hetero) is 1. The molecule has 0 fully saturated rings. The fraction of sp³-hybridized carbons (Fsp3) is 0.308. The van der Waals surface area contributed by atoms with Crippen molar-refractivity contribution in [1.82, 2.24) is 0 Å². The smallest absolute Gasteiger partial charge is 0.313 e. The summed E-state index contributed by atoms with van der Waals surface area (Å²) in [6.07, 6.45) is -0.0155. The van der Waals surface area contributed by atoms with E-state index in [4.69, 9.17) is 5.26 Å². The summed E-state index contributed by atoms with van der Waals surface area (Å²) in [6.45, 7) is 1.98. The number of rotatable bonds is 5. The summed E-state index contributed by atoms with van der Waals surface area (Å²) in [5.74, 6) is -0.681. The maximum Gasteiger partial charge on any atom is 0.313 e. The molecule has 0 aromatic heterocycles. The van der Waals surface area contributed by atoms with Crippen LogP contribution < -0.4 is 0 Å². The first-order valence-electron chi connectivity index (χ1n) is 5.32. The second-order valence-electron chi connectivity index (χ2n) is 3.51. The highest BCUT2D eigenvalue weighted by molar-refractivity contribution is 5.96. The van der Waals surface area contributed by atoms with E-state index in [9.17, 15) is 9.59 Å². The van der Waals surface area contributed by atoms with Crippen molar-refractivity contribution in [2.75, 3.05) is 6.61 Å². The lowest BCUT2D eigenvalue weighted by Gasteiger charge is -2.02. The quantitative estimate of drug-likeness (QED) is 0.570. The highest BCUT2D eigenvalue weighted by Gasteiger charge is 2.10. The summed E-state index contributed by atoms with van der Waals surface area (Å²) in [5, 5.41) is 8.61. The number of hydrogen-bond acceptors (Lipinski definition) is 4. The number of carbonyl (C=O) groups is 2. The van der Waals surface area contributed by atoms with Gasteiger partial charge in [-0.25, -0.2) is 0 Å². The van der Waals surface area contributed by atoms with Gasteiger partial charge in [-0.1, -0.05) is 12.1 Å². The summed E-state index contributed by atoms with van der Waals surface area (Å²) >= 11 is 0. The van der Waals surface area contributed by atoms with Crippen LogP contribution in [0.4, 0.5) is 0 Å². The predicted molar refractivity (Wildman–Crippen MR) is 61.1 cm³/mol. The van der Waals surface area contributed by atoms with Gasteiger partial charge in [0.2, 0.25) is 0 Å². The van der Waals surface area contributed by atoms with Crippen molar-refractivity contribution in [1.29, 1.82) is 5.26 Å². The van der Waals surface area contributed by atoms with Crippen molar-refractivity contribution in [3.8, 4) is 6.07 Å². The fourth-order valence-electron chi connectivity index (χ4n) is 1.36. The predicted octanol–water partition coefficient (Wildman–Crippen LogP) is 1.62. The maximum atomic E-state index is 11.5. The van der Waals surface area contributed by atoms with Gasteiger partial charge < -0.3 is 4.74 Å². The average molecular weight is 231 g/mol. The zero-order valence-electron chi connectivity index (χ0n) is 9.60. The Kier molecular flexibility index (Phi) is 4.89. The van der Waals surface area contributed by atoms with E-state index in [1.165, 1.54) is 0 Å². The van der Waals surface area contributed by atoms with Crippen LogP contribution in [0.25, 0.3) is 0 Å². The van der Waals surface area contributed by atoms with Gasteiger partial charge in [-0.05, 0) is 24.6 Å². The van der Waals surface area contributed by atoms with Crippen LogP contribution in [0.5, 0.6) is 0 Å². The Labute approximate surface area is 99.8 Å². The highest BCUT2D eigenvalue weighted by Crippen LogP contribution is 2.06. The van der Waals surface area contributed by atoms with Gasteiger partial charge in [0, 0.05) is 6.42 Å². The standard InChI is InChI=1S/C13H13NO3/c1-2-17-13(16)8-12(15)7-10-3-5-11(9-14)6-4-10/h3-6H,2,7-8H2,1H3. The minimum absolute atomic E-state index is 0.185. The Morgan fingerprint density at radius 1 is 1.29 bits per heavy atom. The van der Waals surface area contributed by atoms with Crippen molar-refractivity contribution in [3.63, 3.8) is 0 Å². The van der Waals surface area contributed by atoms with Crippen LogP contribution in [0.3, 0.4) is 0 Å². The summed E-state index contributed by atoms with van der Waals surface area (Å²) < 4.78 is 4.68. The third-order valence-electron chi connectivity index (χ3n) is 2.13. The molecule has 0 radical (unpaired) electrons. The van der Waals surface area contributed by atoms with E-state index in [-0.39, 0.29) is 25.2 Å².